The average molecular weight is 575 g/mol. The second-order valence-corrected chi connectivity index (χ2v) is 12.4. The van der Waals surface area contributed by atoms with Crippen LogP contribution >= 0.6 is 0 Å². The van der Waals surface area contributed by atoms with Gasteiger partial charge in [-0.1, -0.05) is 19.1 Å². The molecule has 5 N–H and O–H groups in total. The number of rotatable bonds is 10. The van der Waals surface area contributed by atoms with Crippen LogP contribution in [0.4, 0.5) is 4.79 Å². The van der Waals surface area contributed by atoms with Gasteiger partial charge in [-0.25, -0.2) is 23.4 Å². The summed E-state index contributed by atoms with van der Waals surface area (Å²) in [6.45, 7) is 11.3. The van der Waals surface area contributed by atoms with Crippen molar-refractivity contribution in [3.05, 3.63) is 57.6 Å². The molecule has 3 rings (SSSR count). The number of urea groups is 1. The number of carbonyl (C=O) groups is 3. The van der Waals surface area contributed by atoms with Crippen LogP contribution in [-0.2, 0) is 27.8 Å². The Kier molecular flexibility index (Phi) is 9.47. The summed E-state index contributed by atoms with van der Waals surface area (Å²) in [5.74, 6) is -0.487. The Labute approximate surface area is 235 Å². The Morgan fingerprint density at radius 3 is 2.45 bits per heavy atom. The van der Waals surface area contributed by atoms with Gasteiger partial charge in [-0.05, 0) is 81.8 Å². The van der Waals surface area contributed by atoms with E-state index in [0.717, 1.165) is 11.1 Å². The van der Waals surface area contributed by atoms with Gasteiger partial charge in [-0.2, -0.15) is 0 Å². The molecule has 0 radical (unpaired) electrons. The summed E-state index contributed by atoms with van der Waals surface area (Å²) in [6.07, 6.45) is 1.49. The summed E-state index contributed by atoms with van der Waals surface area (Å²) < 4.78 is 34.5. The summed E-state index contributed by atoms with van der Waals surface area (Å²) in [5.41, 5.74) is 4.79. The van der Waals surface area contributed by atoms with E-state index < -0.39 is 27.6 Å². The smallest absolute Gasteiger partial charge is 0.328 e. The molecule has 11 nitrogen and oxygen atoms in total. The van der Waals surface area contributed by atoms with Crippen LogP contribution in [0.5, 0.6) is 5.75 Å². The monoisotopic (exact) mass is 574 g/mol. The minimum absolute atomic E-state index is 0.0908. The zero-order valence-electron chi connectivity index (χ0n) is 23.7. The van der Waals surface area contributed by atoms with Crippen LogP contribution in [0.3, 0.4) is 0 Å². The standard InChI is InChI=1S/C28H38N4O7S/c1-16(25(33)30-15-20-10-7-11-21(13-20)26(34)31-36)9-8-12-29-27(35)32-40(37,38)24-18(3)17(2)23-22(19(24)4)14-28(5,6)39-23/h7,10-11,13,16,36H,8-9,12,14-15H2,1-6H3,(H,30,33)(H,31,34)(H2,29,32,35). The van der Waals surface area contributed by atoms with Gasteiger partial charge < -0.3 is 15.4 Å². The molecule has 0 aliphatic carbocycles. The SMILES string of the molecule is Cc1c(C)c(S(=O)(=O)NC(=O)NCCCC(C)C(=O)NCc2cccc(C(=O)NO)c2)c(C)c2c1OC(C)(C)C2. The summed E-state index contributed by atoms with van der Waals surface area (Å²) in [5, 5.41) is 14.1. The summed E-state index contributed by atoms with van der Waals surface area (Å²) >= 11 is 0. The largest absolute Gasteiger partial charge is 0.487 e. The number of sulfonamides is 1. The third kappa shape index (κ3) is 7.11. The minimum atomic E-state index is -4.13. The van der Waals surface area contributed by atoms with Crippen LogP contribution < -0.4 is 25.6 Å². The molecule has 2 aromatic carbocycles. The highest BCUT2D eigenvalue weighted by atomic mass is 32.2. The lowest BCUT2D eigenvalue weighted by Gasteiger charge is -2.19. The Morgan fingerprint density at radius 2 is 1.77 bits per heavy atom. The Bertz CT molecular complexity index is 1420. The van der Waals surface area contributed by atoms with Crippen LogP contribution in [0, 0.1) is 26.7 Å². The summed E-state index contributed by atoms with van der Waals surface area (Å²) in [4.78, 5) is 36.6. The molecule has 1 aliphatic rings. The first kappa shape index (κ1) is 30.9. The molecule has 0 saturated carbocycles. The number of hydroxylamine groups is 1. The van der Waals surface area contributed by atoms with Gasteiger partial charge in [0.2, 0.25) is 5.91 Å². The van der Waals surface area contributed by atoms with E-state index in [1.165, 1.54) is 0 Å². The quantitative estimate of drug-likeness (QED) is 0.165. The molecule has 0 spiro atoms. The van der Waals surface area contributed by atoms with Crippen molar-refractivity contribution >= 4 is 27.9 Å². The third-order valence-corrected chi connectivity index (χ3v) is 8.70. The molecular weight excluding hydrogens is 536 g/mol. The molecule has 1 atom stereocenters. The maximum Gasteiger partial charge on any atom is 0.328 e. The maximum atomic E-state index is 13.2. The fourth-order valence-corrected chi connectivity index (χ4v) is 6.35. The third-order valence-electron chi connectivity index (χ3n) is 7.09. The number of fused-ring (bicyclic) bond motifs is 1. The fourth-order valence-electron chi connectivity index (χ4n) is 4.85. The number of hydrogen-bond donors (Lipinski definition) is 5. The number of amides is 4. The number of nitrogens with one attached hydrogen (secondary N) is 4. The molecular formula is C28H38N4O7S. The van der Waals surface area contributed by atoms with Crippen LogP contribution in [0.25, 0.3) is 0 Å². The number of ether oxygens (including phenoxy) is 1. The van der Waals surface area contributed by atoms with Crippen molar-refractivity contribution in [2.75, 3.05) is 6.54 Å². The molecule has 40 heavy (non-hydrogen) atoms. The molecule has 0 fully saturated rings. The Hall–Kier alpha value is -3.64. The van der Waals surface area contributed by atoms with E-state index >= 15 is 0 Å². The highest BCUT2D eigenvalue weighted by Crippen LogP contribution is 2.43. The number of benzene rings is 2. The van der Waals surface area contributed by atoms with Gasteiger partial charge in [-0.3, -0.25) is 14.8 Å². The predicted molar refractivity (Wildman–Crippen MR) is 149 cm³/mol. The fraction of sp³-hybridized carbons (Fsp3) is 0.464. The van der Waals surface area contributed by atoms with Gasteiger partial charge in [0.05, 0.1) is 4.90 Å². The van der Waals surface area contributed by atoms with E-state index in [1.807, 2.05) is 20.8 Å². The van der Waals surface area contributed by atoms with Crippen molar-refractivity contribution in [3.8, 4) is 5.75 Å². The van der Waals surface area contributed by atoms with Crippen molar-refractivity contribution in [1.29, 1.82) is 0 Å². The average Bonchev–Trinajstić information content (AvgIpc) is 3.23. The second kappa shape index (κ2) is 12.3. The molecule has 1 aliphatic heterocycles. The lowest BCUT2D eigenvalue weighted by molar-refractivity contribution is -0.124. The highest BCUT2D eigenvalue weighted by molar-refractivity contribution is 7.90. The normalized spacial score (nSPS) is 14.5. The van der Waals surface area contributed by atoms with Crippen molar-refractivity contribution in [1.82, 2.24) is 20.8 Å². The van der Waals surface area contributed by atoms with Crippen LogP contribution in [0.1, 0.15) is 71.8 Å². The lowest BCUT2D eigenvalue weighted by Crippen LogP contribution is -2.40. The number of hydrogen-bond acceptors (Lipinski definition) is 7. The second-order valence-electron chi connectivity index (χ2n) is 10.8. The molecule has 2 aromatic rings. The van der Waals surface area contributed by atoms with Crippen molar-refractivity contribution < 1.29 is 32.7 Å². The van der Waals surface area contributed by atoms with Crippen molar-refractivity contribution in [2.24, 2.45) is 5.92 Å². The van der Waals surface area contributed by atoms with E-state index in [4.69, 9.17) is 9.94 Å². The number of carbonyl (C=O) groups excluding carboxylic acids is 3. The van der Waals surface area contributed by atoms with Gasteiger partial charge >= 0.3 is 6.03 Å². The minimum Gasteiger partial charge on any atom is -0.487 e. The van der Waals surface area contributed by atoms with E-state index in [1.54, 1.807) is 50.5 Å². The van der Waals surface area contributed by atoms with E-state index in [-0.39, 0.29) is 35.4 Å². The van der Waals surface area contributed by atoms with E-state index in [9.17, 15) is 22.8 Å². The molecule has 12 heteroatoms. The van der Waals surface area contributed by atoms with Gasteiger partial charge in [0.15, 0.2) is 0 Å². The molecule has 1 unspecified atom stereocenters. The van der Waals surface area contributed by atoms with Gasteiger partial charge in [0.25, 0.3) is 15.9 Å². The maximum absolute atomic E-state index is 13.2. The topological polar surface area (TPSA) is 163 Å². The Balaban J connectivity index is 1.49. The van der Waals surface area contributed by atoms with E-state index in [2.05, 4.69) is 15.4 Å². The van der Waals surface area contributed by atoms with Crippen molar-refractivity contribution in [2.45, 2.75) is 77.8 Å². The predicted octanol–water partition coefficient (Wildman–Crippen LogP) is 3.16. The van der Waals surface area contributed by atoms with Crippen LogP contribution in [-0.4, -0.2) is 43.6 Å². The van der Waals surface area contributed by atoms with Crippen molar-refractivity contribution in [3.63, 3.8) is 0 Å². The highest BCUT2D eigenvalue weighted by Gasteiger charge is 2.37. The van der Waals surface area contributed by atoms with Gasteiger partial charge in [-0.15, -0.1) is 0 Å². The van der Waals surface area contributed by atoms with Crippen LogP contribution in [0.2, 0.25) is 0 Å². The summed E-state index contributed by atoms with van der Waals surface area (Å²) in [7, 11) is -4.13. The lowest BCUT2D eigenvalue weighted by atomic mass is 9.94. The summed E-state index contributed by atoms with van der Waals surface area (Å²) in [6, 6.07) is 5.66. The molecule has 0 bridgehead atoms. The van der Waals surface area contributed by atoms with Crippen LogP contribution in [0.15, 0.2) is 29.2 Å². The molecule has 0 aromatic heterocycles. The van der Waals surface area contributed by atoms with Gasteiger partial charge in [0.1, 0.15) is 11.4 Å². The first-order valence-corrected chi connectivity index (χ1v) is 14.6. The first-order valence-electron chi connectivity index (χ1n) is 13.1. The van der Waals surface area contributed by atoms with Gasteiger partial charge in [0, 0.05) is 36.6 Å². The zero-order valence-corrected chi connectivity index (χ0v) is 24.5. The molecule has 1 heterocycles. The molecule has 218 valence electrons. The Morgan fingerprint density at radius 1 is 1.07 bits per heavy atom. The zero-order chi connectivity index (χ0) is 29.8. The van der Waals surface area contributed by atoms with E-state index in [0.29, 0.717) is 41.7 Å². The first-order chi connectivity index (χ1) is 18.7. The molecule has 0 saturated heterocycles. The molecule has 4 amide bonds.